The Kier molecular flexibility index (Phi) is 5.96. The fourth-order valence-corrected chi connectivity index (χ4v) is 5.87. The monoisotopic (exact) mass is 729 g/mol. The molecular formula is C33H26N8Pt. The van der Waals surface area contributed by atoms with E-state index in [1.807, 2.05) is 58.4 Å². The number of fused-ring (bicyclic) bond motifs is 6. The molecule has 0 amide bonds. The van der Waals surface area contributed by atoms with Crippen LogP contribution in [-0.2, 0) is 40.6 Å². The molecule has 0 aliphatic rings. The van der Waals surface area contributed by atoms with Crippen LogP contribution < -0.4 is 0 Å². The SMILES string of the molecule is Cn1c2c[c-]c(-n3ccc(C(C)(C)c4ccn(-c5[c-]cc6c(c5)c5ncccc5n6C)n4)n3)cc2c2ncccc21.[Pt+2]. The van der Waals surface area contributed by atoms with Gasteiger partial charge in [0.25, 0.3) is 0 Å². The average Bonchev–Trinajstić information content (AvgIpc) is 3.80. The Morgan fingerprint density at radius 3 is 1.55 bits per heavy atom. The van der Waals surface area contributed by atoms with Crippen LogP contribution in [0.4, 0.5) is 0 Å². The second-order valence-electron chi connectivity index (χ2n) is 11.0. The molecule has 6 aromatic heterocycles. The zero-order valence-corrected chi connectivity index (χ0v) is 25.7. The zero-order chi connectivity index (χ0) is 27.9. The maximum absolute atomic E-state index is 4.97. The third-order valence-corrected chi connectivity index (χ3v) is 8.31. The number of aromatic nitrogens is 8. The molecule has 2 aromatic carbocycles. The minimum Gasteiger partial charge on any atom is -0.396 e. The first-order valence-corrected chi connectivity index (χ1v) is 13.5. The van der Waals surface area contributed by atoms with E-state index in [-0.39, 0.29) is 21.1 Å². The van der Waals surface area contributed by atoms with Gasteiger partial charge in [-0.3, -0.25) is 19.3 Å². The van der Waals surface area contributed by atoms with Crippen molar-refractivity contribution in [3.05, 3.63) is 109 Å². The van der Waals surface area contributed by atoms with Crippen molar-refractivity contribution < 1.29 is 21.1 Å². The molecule has 8 aromatic rings. The van der Waals surface area contributed by atoms with Gasteiger partial charge in [-0.25, -0.2) is 0 Å². The fraction of sp³-hybridized carbons (Fsp3) is 0.152. The smallest absolute Gasteiger partial charge is 0.396 e. The molecule has 0 N–H and O–H groups in total. The quantitative estimate of drug-likeness (QED) is 0.207. The number of hydrogen-bond donors (Lipinski definition) is 0. The molecule has 0 fully saturated rings. The van der Waals surface area contributed by atoms with Gasteiger partial charge in [0.05, 0.1) is 38.9 Å². The van der Waals surface area contributed by atoms with E-state index in [1.54, 1.807) is 0 Å². The Labute approximate surface area is 256 Å². The van der Waals surface area contributed by atoms with Crippen LogP contribution >= 0.6 is 0 Å². The van der Waals surface area contributed by atoms with Crippen molar-refractivity contribution in [2.45, 2.75) is 19.3 Å². The molecule has 0 saturated heterocycles. The van der Waals surface area contributed by atoms with E-state index in [2.05, 4.69) is 95.6 Å². The molecule has 0 atom stereocenters. The van der Waals surface area contributed by atoms with Gasteiger partial charge >= 0.3 is 21.1 Å². The van der Waals surface area contributed by atoms with Gasteiger partial charge < -0.3 is 9.13 Å². The third-order valence-electron chi connectivity index (χ3n) is 8.31. The Morgan fingerprint density at radius 1 is 0.643 bits per heavy atom. The minimum atomic E-state index is -0.424. The number of pyridine rings is 2. The maximum Gasteiger partial charge on any atom is 2.00 e. The predicted molar refractivity (Wildman–Crippen MR) is 160 cm³/mol. The molecule has 0 aliphatic carbocycles. The van der Waals surface area contributed by atoms with Gasteiger partial charge in [-0.05, 0) is 75.7 Å². The second kappa shape index (κ2) is 9.50. The van der Waals surface area contributed by atoms with Crippen molar-refractivity contribution in [2.24, 2.45) is 14.1 Å². The first kappa shape index (κ1) is 26.4. The maximum atomic E-state index is 4.97. The standard InChI is InChI=1S/C33H26N8.Pt/c1-33(2,29-13-17-40(36-29)21-9-11-25-23(19-21)31-27(38(25)3)7-5-15-34-31)30-14-18-41(37-30)22-10-12-26-24(20-22)32-28(39(26)4)8-6-16-35-32;/h5-8,11-20H,1-4H3;/q-2;+2. The molecule has 8 nitrogen and oxygen atoms in total. The number of aryl methyl sites for hydroxylation is 2. The predicted octanol–water partition coefficient (Wildman–Crippen LogP) is 6.06. The van der Waals surface area contributed by atoms with Crippen molar-refractivity contribution >= 4 is 43.9 Å². The number of rotatable bonds is 4. The summed E-state index contributed by atoms with van der Waals surface area (Å²) in [5.41, 5.74) is 9.50. The third kappa shape index (κ3) is 3.78. The van der Waals surface area contributed by atoms with E-state index in [9.17, 15) is 0 Å². The Morgan fingerprint density at radius 2 is 1.10 bits per heavy atom. The van der Waals surface area contributed by atoms with Crippen LogP contribution in [0.3, 0.4) is 0 Å². The summed E-state index contributed by atoms with van der Waals surface area (Å²) < 4.78 is 8.06. The molecule has 0 bridgehead atoms. The summed E-state index contributed by atoms with van der Waals surface area (Å²) in [6, 6.07) is 27.3. The number of hydrogen-bond acceptors (Lipinski definition) is 4. The van der Waals surface area contributed by atoms with Gasteiger partial charge in [0, 0.05) is 24.8 Å². The molecule has 8 rings (SSSR count). The zero-order valence-electron chi connectivity index (χ0n) is 23.5. The molecule has 0 radical (unpaired) electrons. The van der Waals surface area contributed by atoms with Crippen LogP contribution in [0.2, 0.25) is 0 Å². The summed E-state index contributed by atoms with van der Waals surface area (Å²) in [6.45, 7) is 4.30. The normalized spacial score (nSPS) is 12.1. The number of nitrogens with zero attached hydrogens (tertiary/aromatic N) is 8. The first-order chi connectivity index (χ1) is 19.9. The van der Waals surface area contributed by atoms with E-state index >= 15 is 0 Å². The van der Waals surface area contributed by atoms with Crippen molar-refractivity contribution in [2.75, 3.05) is 0 Å². The minimum absolute atomic E-state index is 0. The van der Waals surface area contributed by atoms with Crippen molar-refractivity contribution in [3.8, 4) is 11.4 Å². The molecular weight excluding hydrogens is 703 g/mol. The van der Waals surface area contributed by atoms with Gasteiger partial charge in [-0.15, -0.1) is 12.1 Å². The molecule has 9 heteroatoms. The van der Waals surface area contributed by atoms with E-state index in [0.29, 0.717) is 0 Å². The van der Waals surface area contributed by atoms with Crippen LogP contribution in [0.5, 0.6) is 0 Å². The summed E-state index contributed by atoms with van der Waals surface area (Å²) in [5.74, 6) is 0. The topological polar surface area (TPSA) is 71.3 Å². The van der Waals surface area contributed by atoms with Gasteiger partial charge in [0.1, 0.15) is 0 Å². The van der Waals surface area contributed by atoms with Crippen molar-refractivity contribution in [1.29, 1.82) is 0 Å². The second-order valence-corrected chi connectivity index (χ2v) is 11.0. The van der Waals surface area contributed by atoms with E-state index in [1.165, 1.54) is 0 Å². The molecule has 208 valence electrons. The van der Waals surface area contributed by atoms with Gasteiger partial charge in [0.15, 0.2) is 0 Å². The summed E-state index contributed by atoms with van der Waals surface area (Å²) in [5, 5.41) is 12.1. The van der Waals surface area contributed by atoms with E-state index < -0.39 is 5.41 Å². The van der Waals surface area contributed by atoms with E-state index in [0.717, 1.165) is 66.6 Å². The summed E-state index contributed by atoms with van der Waals surface area (Å²) in [4.78, 5) is 9.25. The van der Waals surface area contributed by atoms with E-state index in [4.69, 9.17) is 10.2 Å². The van der Waals surface area contributed by atoms with Crippen LogP contribution in [0.1, 0.15) is 25.2 Å². The molecule has 42 heavy (non-hydrogen) atoms. The fourth-order valence-electron chi connectivity index (χ4n) is 5.87. The largest absolute Gasteiger partial charge is 2.00 e. The van der Waals surface area contributed by atoms with Gasteiger partial charge in [-0.2, -0.15) is 34.5 Å². The van der Waals surface area contributed by atoms with Crippen molar-refractivity contribution in [3.63, 3.8) is 0 Å². The summed E-state index contributed by atoms with van der Waals surface area (Å²) in [7, 11) is 4.12. The van der Waals surface area contributed by atoms with Gasteiger partial charge in [0.2, 0.25) is 0 Å². The van der Waals surface area contributed by atoms with Crippen LogP contribution in [0, 0.1) is 12.1 Å². The van der Waals surface area contributed by atoms with Crippen LogP contribution in [0.25, 0.3) is 55.2 Å². The number of benzene rings is 2. The first-order valence-electron chi connectivity index (χ1n) is 13.5. The van der Waals surface area contributed by atoms with Crippen LogP contribution in [0.15, 0.2) is 85.5 Å². The molecule has 0 unspecified atom stereocenters. The Bertz CT molecular complexity index is 2120. The van der Waals surface area contributed by atoms with Gasteiger partial charge in [-0.1, -0.05) is 21.8 Å². The summed E-state index contributed by atoms with van der Waals surface area (Å²) >= 11 is 0. The summed E-state index contributed by atoms with van der Waals surface area (Å²) in [6.07, 6.45) is 7.64. The Balaban J connectivity index is 0.00000288. The molecule has 0 saturated carbocycles. The molecule has 0 aliphatic heterocycles. The average molecular weight is 730 g/mol. The Hall–Kier alpha value is -4.55. The molecule has 6 heterocycles. The van der Waals surface area contributed by atoms with Crippen LogP contribution in [-0.4, -0.2) is 38.7 Å². The van der Waals surface area contributed by atoms with Crippen molar-refractivity contribution in [1.82, 2.24) is 38.7 Å². The molecule has 0 spiro atoms.